The Bertz CT molecular complexity index is 2090. The standard InChI is InChI=1S/C31H26N3O3S.HI/c1-4-33-23-16-14-20-11-7-9-13-22(20)28(23)37-25(33)18-26-34(5-2)30(35)29(38-26)31-32(3)27-21-12-8-6-10-19(21)15-17-24(27)36-31;/h6-18H,4-5H2,1-3H3;1H/q+1;/p-1/b31-29-;. The predicted octanol–water partition coefficient (Wildman–Crippen LogP) is 1.72. The summed E-state index contributed by atoms with van der Waals surface area (Å²) in [4.78, 5) is 15.6. The van der Waals surface area contributed by atoms with Gasteiger partial charge in [-0.05, 0) is 36.8 Å². The van der Waals surface area contributed by atoms with E-state index in [1.165, 1.54) is 11.3 Å². The van der Waals surface area contributed by atoms with E-state index in [9.17, 15) is 4.79 Å². The minimum atomic E-state index is -0.0627. The van der Waals surface area contributed by atoms with Crippen LogP contribution in [0.5, 0.6) is 5.75 Å². The molecule has 39 heavy (non-hydrogen) atoms. The van der Waals surface area contributed by atoms with E-state index in [4.69, 9.17) is 9.15 Å². The highest BCUT2D eigenvalue weighted by molar-refractivity contribution is 7.07. The van der Waals surface area contributed by atoms with Crippen LogP contribution in [-0.4, -0.2) is 11.6 Å². The molecule has 0 bridgehead atoms. The zero-order valence-corrected chi connectivity index (χ0v) is 24.7. The van der Waals surface area contributed by atoms with E-state index in [2.05, 4.69) is 54.0 Å². The average molecular weight is 648 g/mol. The highest BCUT2D eigenvalue weighted by Crippen LogP contribution is 2.43. The number of hydrogen-bond acceptors (Lipinski definition) is 5. The zero-order valence-electron chi connectivity index (χ0n) is 21.8. The first-order valence-corrected chi connectivity index (χ1v) is 13.6. The summed E-state index contributed by atoms with van der Waals surface area (Å²) in [7, 11) is 1.96. The van der Waals surface area contributed by atoms with E-state index in [-0.39, 0.29) is 29.5 Å². The van der Waals surface area contributed by atoms with Gasteiger partial charge < -0.3 is 38.0 Å². The number of ether oxygens (including phenoxy) is 1. The summed E-state index contributed by atoms with van der Waals surface area (Å²) in [5.74, 6) is 2.04. The van der Waals surface area contributed by atoms with Crippen molar-refractivity contribution in [2.75, 3.05) is 11.9 Å². The summed E-state index contributed by atoms with van der Waals surface area (Å²) in [6, 6.07) is 24.7. The van der Waals surface area contributed by atoms with Crippen LogP contribution >= 0.6 is 11.3 Å². The minimum absolute atomic E-state index is 0. The number of aromatic nitrogens is 2. The molecule has 3 heterocycles. The molecule has 0 N–H and O–H groups in total. The van der Waals surface area contributed by atoms with Crippen LogP contribution in [0.1, 0.15) is 19.7 Å². The summed E-state index contributed by atoms with van der Waals surface area (Å²) in [6.07, 6.45) is 1.98. The molecule has 6 nitrogen and oxygen atoms in total. The van der Waals surface area contributed by atoms with Gasteiger partial charge in [-0.15, -0.1) is 11.3 Å². The van der Waals surface area contributed by atoms with E-state index in [0.717, 1.165) is 55.3 Å². The van der Waals surface area contributed by atoms with Crippen molar-refractivity contribution < 1.29 is 37.7 Å². The highest BCUT2D eigenvalue weighted by Gasteiger charge is 2.28. The van der Waals surface area contributed by atoms with E-state index in [1.54, 1.807) is 4.57 Å². The molecule has 1 aliphatic rings. The summed E-state index contributed by atoms with van der Waals surface area (Å²) in [6.45, 7) is 5.38. The third-order valence-electron chi connectivity index (χ3n) is 7.32. The number of fused-ring (bicyclic) bond motifs is 6. The Hall–Kier alpha value is -3.63. The van der Waals surface area contributed by atoms with Crippen LogP contribution in [-0.2, 0) is 13.1 Å². The van der Waals surface area contributed by atoms with Crippen molar-refractivity contribution in [3.63, 3.8) is 0 Å². The number of hydrogen-bond donors (Lipinski definition) is 0. The van der Waals surface area contributed by atoms with E-state index >= 15 is 0 Å². The summed E-state index contributed by atoms with van der Waals surface area (Å²) < 4.78 is 18.1. The Balaban J connectivity index is 0.00000277. The van der Waals surface area contributed by atoms with Crippen molar-refractivity contribution in [1.82, 2.24) is 4.57 Å². The summed E-state index contributed by atoms with van der Waals surface area (Å²) in [5.41, 5.74) is 2.81. The Kier molecular flexibility index (Phi) is 6.47. The first-order valence-electron chi connectivity index (χ1n) is 12.8. The Morgan fingerprint density at radius 1 is 0.923 bits per heavy atom. The molecule has 0 fully saturated rings. The smallest absolute Gasteiger partial charge is 0.377 e. The SMILES string of the molecule is CCn1c(=O)/c(=C2/Oc3ccc4ccccc4c3N2C)s/c1=C/c1oc2c3ccccc3ccc2[n+]1CC.[I-]. The second-order valence-corrected chi connectivity index (χ2v) is 10.4. The highest BCUT2D eigenvalue weighted by atomic mass is 127. The largest absolute Gasteiger partial charge is 1.00 e. The van der Waals surface area contributed by atoms with Crippen LogP contribution in [0.4, 0.5) is 5.69 Å². The number of halogens is 1. The fourth-order valence-electron chi connectivity index (χ4n) is 5.47. The topological polar surface area (TPSA) is 51.5 Å². The number of aryl methyl sites for hydroxylation is 1. The van der Waals surface area contributed by atoms with Gasteiger partial charge in [0.2, 0.25) is 11.5 Å². The van der Waals surface area contributed by atoms with Crippen LogP contribution in [0.2, 0.25) is 0 Å². The molecule has 0 saturated heterocycles. The predicted molar refractivity (Wildman–Crippen MR) is 153 cm³/mol. The minimum Gasteiger partial charge on any atom is -1.00 e. The fraction of sp³-hybridized carbons (Fsp3) is 0.161. The van der Waals surface area contributed by atoms with E-state index in [1.807, 2.05) is 55.3 Å². The number of nitrogens with zero attached hydrogens (tertiary/aromatic N) is 3. The van der Waals surface area contributed by atoms with E-state index in [0.29, 0.717) is 22.9 Å². The zero-order chi connectivity index (χ0) is 26.0. The number of anilines is 1. The molecule has 4 aromatic carbocycles. The van der Waals surface area contributed by atoms with Gasteiger partial charge in [0.15, 0.2) is 10.3 Å². The van der Waals surface area contributed by atoms with Crippen LogP contribution in [0.25, 0.3) is 44.6 Å². The number of benzene rings is 4. The summed E-state index contributed by atoms with van der Waals surface area (Å²) in [5, 5.41) is 4.45. The Morgan fingerprint density at radius 2 is 1.62 bits per heavy atom. The van der Waals surface area contributed by atoms with Gasteiger partial charge in [-0.2, -0.15) is 4.57 Å². The molecule has 0 spiro atoms. The van der Waals surface area contributed by atoms with Crippen LogP contribution in [0.3, 0.4) is 0 Å². The van der Waals surface area contributed by atoms with Crippen LogP contribution in [0, 0.1) is 0 Å². The van der Waals surface area contributed by atoms with Crippen molar-refractivity contribution in [3.05, 3.63) is 98.2 Å². The number of thiazole rings is 1. The second-order valence-electron chi connectivity index (χ2n) is 9.38. The molecule has 0 amide bonds. The fourth-order valence-corrected chi connectivity index (χ4v) is 6.63. The van der Waals surface area contributed by atoms with Gasteiger partial charge >= 0.3 is 5.89 Å². The third kappa shape index (κ3) is 3.88. The molecule has 0 unspecified atom stereocenters. The van der Waals surface area contributed by atoms with Gasteiger partial charge in [0.25, 0.3) is 11.1 Å². The quantitative estimate of drug-likeness (QED) is 0.217. The Labute approximate surface area is 245 Å². The molecule has 6 aromatic rings. The Morgan fingerprint density at radius 3 is 2.36 bits per heavy atom. The number of oxazole rings is 1. The molecule has 0 aliphatic carbocycles. The molecule has 196 valence electrons. The van der Waals surface area contributed by atoms with Gasteiger partial charge in [-0.1, -0.05) is 54.6 Å². The van der Waals surface area contributed by atoms with Crippen LogP contribution < -0.4 is 52.9 Å². The molecular weight excluding hydrogens is 621 g/mol. The third-order valence-corrected chi connectivity index (χ3v) is 8.42. The molecule has 0 saturated carbocycles. The average Bonchev–Trinajstić information content (AvgIpc) is 3.58. The van der Waals surface area contributed by atoms with Crippen molar-refractivity contribution in [2.45, 2.75) is 26.9 Å². The van der Waals surface area contributed by atoms with Crippen molar-refractivity contribution in [1.29, 1.82) is 0 Å². The molecule has 7 rings (SSSR count). The van der Waals surface area contributed by atoms with Gasteiger partial charge in [-0.3, -0.25) is 9.36 Å². The first-order chi connectivity index (χ1) is 18.6. The lowest BCUT2D eigenvalue weighted by Gasteiger charge is -2.12. The van der Waals surface area contributed by atoms with Crippen molar-refractivity contribution in [2.24, 2.45) is 0 Å². The van der Waals surface area contributed by atoms with Gasteiger partial charge in [-0.25, -0.2) is 0 Å². The van der Waals surface area contributed by atoms with Gasteiger partial charge in [0, 0.05) is 30.4 Å². The lowest BCUT2D eigenvalue weighted by Crippen LogP contribution is -3.00. The number of rotatable bonds is 3. The maximum atomic E-state index is 13.6. The van der Waals surface area contributed by atoms with Crippen LogP contribution in [0.15, 0.2) is 82.0 Å². The lowest BCUT2D eigenvalue weighted by atomic mass is 10.1. The first kappa shape index (κ1) is 25.6. The lowest BCUT2D eigenvalue weighted by molar-refractivity contribution is -0.674. The monoisotopic (exact) mass is 647 g/mol. The molecule has 0 radical (unpaired) electrons. The summed E-state index contributed by atoms with van der Waals surface area (Å²) >= 11 is 1.43. The molecular formula is C31H26IN3O3S. The maximum Gasteiger partial charge on any atom is 0.377 e. The maximum absolute atomic E-state index is 13.6. The second kappa shape index (κ2) is 9.84. The van der Waals surface area contributed by atoms with E-state index < -0.39 is 0 Å². The normalized spacial score (nSPS) is 14.7. The molecule has 0 atom stereocenters. The van der Waals surface area contributed by atoms with Gasteiger partial charge in [0.1, 0.15) is 11.2 Å². The molecule has 1 aliphatic heterocycles. The van der Waals surface area contributed by atoms with Gasteiger partial charge in [0.05, 0.1) is 11.8 Å². The van der Waals surface area contributed by atoms with Crippen molar-refractivity contribution >= 4 is 61.6 Å². The van der Waals surface area contributed by atoms with Crippen molar-refractivity contribution in [3.8, 4) is 5.75 Å². The molecule has 8 heteroatoms. The molecule has 2 aromatic heterocycles.